The van der Waals surface area contributed by atoms with Crippen molar-refractivity contribution in [3.63, 3.8) is 0 Å². The van der Waals surface area contributed by atoms with Crippen molar-refractivity contribution in [2.75, 3.05) is 19.7 Å². The van der Waals surface area contributed by atoms with Crippen molar-refractivity contribution in [3.05, 3.63) is 17.5 Å². The lowest BCUT2D eigenvalue weighted by atomic mass is 10.1. The van der Waals surface area contributed by atoms with Crippen LogP contribution >= 0.6 is 0 Å². The minimum absolute atomic E-state index is 0.138. The molecule has 5 nitrogen and oxygen atoms in total. The zero-order valence-corrected chi connectivity index (χ0v) is 11.1. The van der Waals surface area contributed by atoms with Crippen LogP contribution in [0.1, 0.15) is 25.2 Å². The molecule has 2 heterocycles. The molecule has 5 heteroatoms. The van der Waals surface area contributed by atoms with Crippen LogP contribution in [0.25, 0.3) is 0 Å². The lowest BCUT2D eigenvalue weighted by Gasteiger charge is -2.22. The first-order valence-corrected chi connectivity index (χ1v) is 6.65. The van der Waals surface area contributed by atoms with Gasteiger partial charge in [-0.05, 0) is 19.4 Å². The van der Waals surface area contributed by atoms with Gasteiger partial charge in [-0.2, -0.15) is 5.10 Å². The van der Waals surface area contributed by atoms with E-state index in [9.17, 15) is 4.79 Å². The lowest BCUT2D eigenvalue weighted by Crippen LogP contribution is -2.43. The fraction of sp³-hybridized carbons (Fsp3) is 0.692. The summed E-state index contributed by atoms with van der Waals surface area (Å²) in [6, 6.07) is 2.03. The molecule has 1 fully saturated rings. The number of aromatic nitrogens is 2. The Balaban J connectivity index is 2.03. The molecule has 18 heavy (non-hydrogen) atoms. The highest BCUT2D eigenvalue weighted by atomic mass is 16.5. The number of carbonyl (C=O) groups is 1. The van der Waals surface area contributed by atoms with Crippen LogP contribution in [0, 0.1) is 0 Å². The Morgan fingerprint density at radius 1 is 1.61 bits per heavy atom. The van der Waals surface area contributed by atoms with Crippen molar-refractivity contribution in [1.82, 2.24) is 15.1 Å². The van der Waals surface area contributed by atoms with E-state index in [4.69, 9.17) is 4.74 Å². The smallest absolute Gasteiger partial charge is 0.168 e. The average molecular weight is 251 g/mol. The Hall–Kier alpha value is -1.20. The highest BCUT2D eigenvalue weighted by molar-refractivity contribution is 5.85. The molecule has 100 valence electrons. The van der Waals surface area contributed by atoms with E-state index in [1.165, 1.54) is 0 Å². The Kier molecular flexibility index (Phi) is 4.49. The molecule has 0 spiro atoms. The van der Waals surface area contributed by atoms with E-state index in [0.717, 1.165) is 30.9 Å². The van der Waals surface area contributed by atoms with Crippen LogP contribution in [0.2, 0.25) is 0 Å². The van der Waals surface area contributed by atoms with Gasteiger partial charge in [0.2, 0.25) is 0 Å². The number of hydrogen-bond donors (Lipinski definition) is 1. The largest absolute Gasteiger partial charge is 0.368 e. The summed E-state index contributed by atoms with van der Waals surface area (Å²) in [6.07, 6.45) is 1.01. The Morgan fingerprint density at radius 2 is 2.44 bits per heavy atom. The second-order valence-electron chi connectivity index (χ2n) is 4.50. The molecule has 0 bridgehead atoms. The third-order valence-corrected chi connectivity index (χ3v) is 3.22. The van der Waals surface area contributed by atoms with Gasteiger partial charge in [0.1, 0.15) is 6.10 Å². The fourth-order valence-electron chi connectivity index (χ4n) is 2.17. The van der Waals surface area contributed by atoms with Crippen LogP contribution in [0.3, 0.4) is 0 Å². The van der Waals surface area contributed by atoms with Gasteiger partial charge in [0.25, 0.3) is 0 Å². The number of morpholine rings is 1. The summed E-state index contributed by atoms with van der Waals surface area (Å²) in [5.41, 5.74) is 2.04. The second-order valence-corrected chi connectivity index (χ2v) is 4.50. The third-order valence-electron chi connectivity index (χ3n) is 3.22. The normalized spacial score (nSPS) is 20.0. The minimum Gasteiger partial charge on any atom is -0.368 e. The molecule has 1 unspecified atom stereocenters. The number of aryl methyl sites for hydroxylation is 2. The van der Waals surface area contributed by atoms with E-state index in [-0.39, 0.29) is 11.9 Å². The molecule has 0 saturated carbocycles. The number of nitrogens with one attached hydrogen (secondary N) is 1. The monoisotopic (exact) mass is 251 g/mol. The van der Waals surface area contributed by atoms with E-state index in [0.29, 0.717) is 19.6 Å². The Bertz CT molecular complexity index is 408. The van der Waals surface area contributed by atoms with Crippen molar-refractivity contribution in [3.8, 4) is 0 Å². The van der Waals surface area contributed by atoms with Crippen LogP contribution in [0.15, 0.2) is 6.07 Å². The quantitative estimate of drug-likeness (QED) is 0.831. The Morgan fingerprint density at radius 3 is 3.06 bits per heavy atom. The number of ketones is 1. The highest BCUT2D eigenvalue weighted by Gasteiger charge is 2.23. The van der Waals surface area contributed by atoms with Crippen molar-refractivity contribution < 1.29 is 9.53 Å². The van der Waals surface area contributed by atoms with Gasteiger partial charge < -0.3 is 10.1 Å². The molecule has 0 radical (unpaired) electrons. The molecule has 0 aliphatic carbocycles. The summed E-state index contributed by atoms with van der Waals surface area (Å²) < 4.78 is 7.39. The van der Waals surface area contributed by atoms with Crippen LogP contribution < -0.4 is 5.32 Å². The topological polar surface area (TPSA) is 56.1 Å². The van der Waals surface area contributed by atoms with E-state index in [2.05, 4.69) is 17.3 Å². The summed E-state index contributed by atoms with van der Waals surface area (Å²) in [7, 11) is 0. The van der Waals surface area contributed by atoms with Gasteiger partial charge in [-0.1, -0.05) is 6.92 Å². The third kappa shape index (κ3) is 2.97. The van der Waals surface area contributed by atoms with Crippen LogP contribution in [0.5, 0.6) is 0 Å². The predicted octanol–water partition coefficient (Wildman–Crippen LogP) is 0.565. The molecular formula is C13H21N3O2. The first kappa shape index (κ1) is 13.2. The van der Waals surface area contributed by atoms with Gasteiger partial charge in [0, 0.05) is 25.3 Å². The number of hydrogen-bond acceptors (Lipinski definition) is 4. The maximum atomic E-state index is 12.1. The molecule has 1 atom stereocenters. The van der Waals surface area contributed by atoms with Crippen LogP contribution in [-0.4, -0.2) is 41.4 Å². The first-order valence-electron chi connectivity index (χ1n) is 6.65. The van der Waals surface area contributed by atoms with Crippen molar-refractivity contribution in [2.45, 2.75) is 39.3 Å². The molecule has 0 amide bonds. The maximum Gasteiger partial charge on any atom is 0.168 e. The molecule has 0 aromatic carbocycles. The van der Waals surface area contributed by atoms with Crippen LogP contribution in [-0.2, 0) is 28.9 Å². The summed E-state index contributed by atoms with van der Waals surface area (Å²) in [4.78, 5) is 12.1. The lowest BCUT2D eigenvalue weighted by molar-refractivity contribution is -0.131. The van der Waals surface area contributed by atoms with E-state index < -0.39 is 0 Å². The maximum absolute atomic E-state index is 12.1. The Labute approximate surface area is 108 Å². The van der Waals surface area contributed by atoms with Crippen LogP contribution in [0.4, 0.5) is 0 Å². The molecule has 1 aliphatic heterocycles. The molecular weight excluding hydrogens is 230 g/mol. The standard InChI is InChI=1S/C13H21N3O2/c1-3-10-7-11(16(4-2)15-10)8-12(17)13-9-14-5-6-18-13/h7,13-14H,3-6,8-9H2,1-2H3. The number of carbonyl (C=O) groups excluding carboxylic acids is 1. The van der Waals surface area contributed by atoms with E-state index >= 15 is 0 Å². The summed E-state index contributed by atoms with van der Waals surface area (Å²) in [5, 5.41) is 7.63. The fourth-order valence-corrected chi connectivity index (χ4v) is 2.17. The number of ether oxygens (including phenoxy) is 1. The van der Waals surface area contributed by atoms with Crippen molar-refractivity contribution in [1.29, 1.82) is 0 Å². The molecule has 1 aliphatic rings. The van der Waals surface area contributed by atoms with Gasteiger partial charge in [-0.25, -0.2) is 0 Å². The second kappa shape index (κ2) is 6.11. The number of nitrogens with zero attached hydrogens (tertiary/aromatic N) is 2. The highest BCUT2D eigenvalue weighted by Crippen LogP contribution is 2.09. The molecule has 1 aromatic heterocycles. The summed E-state index contributed by atoms with van der Waals surface area (Å²) in [6.45, 7) is 6.98. The molecule has 1 N–H and O–H groups in total. The first-order chi connectivity index (χ1) is 8.74. The van der Waals surface area contributed by atoms with Gasteiger partial charge in [0.05, 0.1) is 18.7 Å². The number of Topliss-reactive ketones (excluding diaryl/α,β-unsaturated/α-hetero) is 1. The van der Waals surface area contributed by atoms with E-state index in [1.807, 2.05) is 17.7 Å². The SMILES string of the molecule is CCc1cc(CC(=O)C2CNCCO2)n(CC)n1. The molecule has 1 aromatic rings. The predicted molar refractivity (Wildman–Crippen MR) is 68.6 cm³/mol. The minimum atomic E-state index is -0.302. The zero-order chi connectivity index (χ0) is 13.0. The summed E-state index contributed by atoms with van der Waals surface area (Å²) in [5.74, 6) is 0.138. The average Bonchev–Trinajstić information content (AvgIpc) is 2.82. The van der Waals surface area contributed by atoms with Gasteiger partial charge in [-0.3, -0.25) is 9.48 Å². The van der Waals surface area contributed by atoms with Gasteiger partial charge >= 0.3 is 0 Å². The van der Waals surface area contributed by atoms with Crippen molar-refractivity contribution in [2.24, 2.45) is 0 Å². The van der Waals surface area contributed by atoms with E-state index in [1.54, 1.807) is 0 Å². The van der Waals surface area contributed by atoms with Gasteiger partial charge in [0.15, 0.2) is 5.78 Å². The summed E-state index contributed by atoms with van der Waals surface area (Å²) >= 11 is 0. The molecule has 1 saturated heterocycles. The number of rotatable bonds is 5. The van der Waals surface area contributed by atoms with Crippen molar-refractivity contribution >= 4 is 5.78 Å². The zero-order valence-electron chi connectivity index (χ0n) is 11.1. The van der Waals surface area contributed by atoms with Gasteiger partial charge in [-0.15, -0.1) is 0 Å². The molecule has 2 rings (SSSR count).